The molecule has 7 rings (SSSR count). The molecule has 202 valence electrons. The Morgan fingerprint density at radius 3 is 2.54 bits per heavy atom. The van der Waals surface area contributed by atoms with E-state index in [1.807, 2.05) is 60.4 Å². The second kappa shape index (κ2) is 9.07. The molecule has 1 fully saturated rings. The predicted molar refractivity (Wildman–Crippen MR) is 156 cm³/mol. The van der Waals surface area contributed by atoms with E-state index in [4.69, 9.17) is 0 Å². The summed E-state index contributed by atoms with van der Waals surface area (Å²) in [5.41, 5.74) is 2.21. The van der Waals surface area contributed by atoms with Gasteiger partial charge in [0.15, 0.2) is 11.6 Å². The molecule has 1 spiro atoms. The number of para-hydroxylation sites is 2. The Kier molecular flexibility index (Phi) is 5.55. The highest BCUT2D eigenvalue weighted by Gasteiger charge is 2.70. The van der Waals surface area contributed by atoms with Gasteiger partial charge in [0.1, 0.15) is 11.5 Å². The molecule has 1 aromatic heterocycles. The molecule has 0 saturated carbocycles. The second-order valence-electron chi connectivity index (χ2n) is 10.5. The third kappa shape index (κ3) is 3.42. The molecule has 0 radical (unpaired) electrons. The lowest BCUT2D eigenvalue weighted by atomic mass is 9.64. The third-order valence-electron chi connectivity index (χ3n) is 8.54. The average molecular weight is 562 g/mol. The van der Waals surface area contributed by atoms with Crippen LogP contribution in [0.1, 0.15) is 38.1 Å². The summed E-state index contributed by atoms with van der Waals surface area (Å²) in [5, 5.41) is 16.4. The molecule has 9 heteroatoms. The van der Waals surface area contributed by atoms with E-state index in [1.165, 1.54) is 35.6 Å². The number of fused-ring (bicyclic) bond motifs is 6. The summed E-state index contributed by atoms with van der Waals surface area (Å²) >= 11 is 1.28. The number of nitro benzene ring substituents is 1. The van der Waals surface area contributed by atoms with E-state index < -0.39 is 34.1 Å². The minimum Gasteiger partial charge on any atom is -0.352 e. The Bertz CT molecular complexity index is 1810. The number of Topliss-reactive ketones (excluding diaryl/α,β-unsaturated/α-hetero) is 2. The van der Waals surface area contributed by atoms with Crippen molar-refractivity contribution in [3.05, 3.63) is 128 Å². The lowest BCUT2D eigenvalue weighted by Gasteiger charge is -2.39. The molecule has 1 saturated heterocycles. The fourth-order valence-corrected chi connectivity index (χ4v) is 7.60. The summed E-state index contributed by atoms with van der Waals surface area (Å²) < 4.78 is 0. The van der Waals surface area contributed by atoms with Crippen LogP contribution in [-0.2, 0) is 10.2 Å². The zero-order chi connectivity index (χ0) is 28.5. The summed E-state index contributed by atoms with van der Waals surface area (Å²) in [6.07, 6.45) is 1.99. The van der Waals surface area contributed by atoms with Gasteiger partial charge < -0.3 is 10.2 Å². The molecule has 3 aliphatic heterocycles. The van der Waals surface area contributed by atoms with Crippen molar-refractivity contribution < 1.29 is 19.3 Å². The average Bonchev–Trinajstić information content (AvgIpc) is 3.70. The number of anilines is 2. The summed E-state index contributed by atoms with van der Waals surface area (Å²) in [5.74, 6) is -2.32. The van der Waals surface area contributed by atoms with Gasteiger partial charge >= 0.3 is 0 Å². The van der Waals surface area contributed by atoms with E-state index in [0.29, 0.717) is 16.1 Å². The van der Waals surface area contributed by atoms with Crippen LogP contribution in [0, 0.1) is 16.0 Å². The van der Waals surface area contributed by atoms with E-state index in [1.54, 1.807) is 23.6 Å². The normalized spacial score (nSPS) is 23.8. The second-order valence-corrected chi connectivity index (χ2v) is 11.5. The number of nitrogens with one attached hydrogen (secondary N) is 1. The molecule has 4 heterocycles. The van der Waals surface area contributed by atoms with Crippen LogP contribution in [0.2, 0.25) is 0 Å². The summed E-state index contributed by atoms with van der Waals surface area (Å²) in [7, 11) is 0. The summed E-state index contributed by atoms with van der Waals surface area (Å²) in [4.78, 5) is 57.1. The Morgan fingerprint density at radius 2 is 1.76 bits per heavy atom. The van der Waals surface area contributed by atoms with Crippen molar-refractivity contribution >= 4 is 51.4 Å². The van der Waals surface area contributed by atoms with E-state index in [0.717, 1.165) is 16.8 Å². The van der Waals surface area contributed by atoms with Crippen LogP contribution in [0.4, 0.5) is 17.1 Å². The Labute approximate surface area is 239 Å². The van der Waals surface area contributed by atoms with Gasteiger partial charge in [0, 0.05) is 34.6 Å². The molecule has 1 amide bonds. The fourth-order valence-electron chi connectivity index (χ4n) is 6.90. The van der Waals surface area contributed by atoms with Gasteiger partial charge in [-0.25, -0.2) is 0 Å². The zero-order valence-electron chi connectivity index (χ0n) is 21.8. The van der Waals surface area contributed by atoms with E-state index in [2.05, 4.69) is 5.32 Å². The number of hydrogen-bond donors (Lipinski definition) is 1. The highest BCUT2D eigenvalue weighted by molar-refractivity contribution is 7.12. The maximum Gasteiger partial charge on any atom is 0.270 e. The molecule has 0 unspecified atom stereocenters. The number of carbonyl (C=O) groups is 3. The summed E-state index contributed by atoms with van der Waals surface area (Å²) in [6, 6.07) is 22.3. The highest BCUT2D eigenvalue weighted by Crippen LogP contribution is 2.59. The first-order chi connectivity index (χ1) is 19.8. The van der Waals surface area contributed by atoms with Crippen LogP contribution >= 0.6 is 11.3 Å². The van der Waals surface area contributed by atoms with Gasteiger partial charge in [-0.15, -0.1) is 11.3 Å². The van der Waals surface area contributed by atoms with Crippen LogP contribution in [0.15, 0.2) is 96.4 Å². The highest BCUT2D eigenvalue weighted by atomic mass is 32.1. The van der Waals surface area contributed by atoms with Gasteiger partial charge in [0.05, 0.1) is 21.8 Å². The van der Waals surface area contributed by atoms with Crippen molar-refractivity contribution in [2.75, 3.05) is 10.2 Å². The van der Waals surface area contributed by atoms with Gasteiger partial charge in [-0.05, 0) is 41.6 Å². The summed E-state index contributed by atoms with van der Waals surface area (Å²) in [6.45, 7) is 1.97. The Hall–Kier alpha value is -4.89. The number of ketones is 2. The number of nitro groups is 1. The minimum atomic E-state index is -1.47. The number of thiophene rings is 1. The predicted octanol–water partition coefficient (Wildman–Crippen LogP) is 5.90. The number of rotatable bonds is 5. The number of benzene rings is 3. The number of nitrogens with zero attached hydrogens (tertiary/aromatic N) is 2. The van der Waals surface area contributed by atoms with Crippen LogP contribution < -0.4 is 10.2 Å². The number of amides is 1. The van der Waals surface area contributed by atoms with Crippen LogP contribution in [0.3, 0.4) is 0 Å². The standard InChI is InChI=1S/C32H23N3O5S/c1-18-16-26-32(22-11-3-4-12-23(22)33-31(32)38)27(29(36)19-8-6-9-20(17-19)35(39)40)28(30(37)25-14-7-15-41-25)34(26)24-13-5-2-10-21(18)24/h2-17,26-28H,1H3,(H,33,38)/t26-,27-,28-,32+/m0/s1. The van der Waals surface area contributed by atoms with Crippen LogP contribution in [-0.4, -0.2) is 34.5 Å². The van der Waals surface area contributed by atoms with E-state index >= 15 is 0 Å². The van der Waals surface area contributed by atoms with Crippen molar-refractivity contribution in [1.82, 2.24) is 0 Å². The molecule has 0 aliphatic carbocycles. The monoisotopic (exact) mass is 561 g/mol. The molecule has 4 aromatic rings. The lowest BCUT2D eigenvalue weighted by Crippen LogP contribution is -2.51. The van der Waals surface area contributed by atoms with Crippen molar-refractivity contribution in [3.63, 3.8) is 0 Å². The first-order valence-electron chi connectivity index (χ1n) is 13.2. The van der Waals surface area contributed by atoms with Crippen molar-refractivity contribution in [2.24, 2.45) is 5.92 Å². The topological polar surface area (TPSA) is 110 Å². The minimum absolute atomic E-state index is 0.0820. The number of allylic oxidation sites excluding steroid dienone is 1. The largest absolute Gasteiger partial charge is 0.352 e. The maximum atomic E-state index is 14.8. The number of carbonyl (C=O) groups excluding carboxylic acids is 3. The van der Waals surface area contributed by atoms with Gasteiger partial charge in [0.25, 0.3) is 5.69 Å². The van der Waals surface area contributed by atoms with Gasteiger partial charge in [-0.3, -0.25) is 24.5 Å². The molecule has 3 aromatic carbocycles. The quantitative estimate of drug-likeness (QED) is 0.185. The third-order valence-corrected chi connectivity index (χ3v) is 9.42. The van der Waals surface area contributed by atoms with E-state index in [9.17, 15) is 24.5 Å². The van der Waals surface area contributed by atoms with Crippen molar-refractivity contribution in [1.29, 1.82) is 0 Å². The lowest BCUT2D eigenvalue weighted by molar-refractivity contribution is -0.384. The smallest absolute Gasteiger partial charge is 0.270 e. The Balaban J connectivity index is 1.55. The maximum absolute atomic E-state index is 14.8. The number of hydrogen-bond acceptors (Lipinski definition) is 7. The zero-order valence-corrected chi connectivity index (χ0v) is 22.6. The van der Waals surface area contributed by atoms with Crippen molar-refractivity contribution in [2.45, 2.75) is 24.4 Å². The molecule has 0 bridgehead atoms. The molecule has 41 heavy (non-hydrogen) atoms. The molecular weight excluding hydrogens is 538 g/mol. The fraction of sp³-hybridized carbons (Fsp3) is 0.156. The van der Waals surface area contributed by atoms with Crippen LogP contribution in [0.5, 0.6) is 0 Å². The molecule has 1 N–H and O–H groups in total. The first-order valence-corrected chi connectivity index (χ1v) is 14.1. The van der Waals surface area contributed by atoms with Gasteiger partial charge in [-0.1, -0.05) is 60.7 Å². The molecular formula is C32H23N3O5S. The van der Waals surface area contributed by atoms with E-state index in [-0.39, 0.29) is 22.9 Å². The molecule has 8 nitrogen and oxygen atoms in total. The van der Waals surface area contributed by atoms with Gasteiger partial charge in [-0.2, -0.15) is 0 Å². The first kappa shape index (κ1) is 25.1. The van der Waals surface area contributed by atoms with Crippen molar-refractivity contribution in [3.8, 4) is 0 Å². The van der Waals surface area contributed by atoms with Gasteiger partial charge in [0.2, 0.25) is 5.91 Å². The molecule has 4 atom stereocenters. The number of non-ortho nitro benzene ring substituents is 1. The van der Waals surface area contributed by atoms with Crippen LogP contribution in [0.25, 0.3) is 5.57 Å². The Morgan fingerprint density at radius 1 is 0.976 bits per heavy atom. The molecule has 3 aliphatic rings. The SMILES string of the molecule is CC1=C[C@@H]2N(c3ccccc31)[C@H](C(=O)c1cccs1)[C@@H](C(=O)c1cccc([N+](=O)[O-])c1)[C@]21C(=O)Nc2ccccc21.